The molecule has 1 heterocycles. The zero-order valence-electron chi connectivity index (χ0n) is 17.9. The van der Waals surface area contributed by atoms with Crippen LogP contribution in [0.1, 0.15) is 42.3 Å². The van der Waals surface area contributed by atoms with Gasteiger partial charge >= 0.3 is 0 Å². The summed E-state index contributed by atoms with van der Waals surface area (Å²) in [4.78, 5) is 17.2. The summed E-state index contributed by atoms with van der Waals surface area (Å²) >= 11 is 0. The summed E-state index contributed by atoms with van der Waals surface area (Å²) in [5.74, 6) is 0.139. The van der Waals surface area contributed by atoms with Crippen molar-refractivity contribution >= 4 is 12.0 Å². The zero-order chi connectivity index (χ0) is 20.7. The summed E-state index contributed by atoms with van der Waals surface area (Å²) in [6.45, 7) is 11.6. The highest BCUT2D eigenvalue weighted by molar-refractivity contribution is 5.94. The van der Waals surface area contributed by atoms with Crippen LogP contribution in [0.3, 0.4) is 0 Å². The minimum absolute atomic E-state index is 0.0877. The smallest absolute Gasteiger partial charge is 0.253 e. The van der Waals surface area contributed by atoms with Gasteiger partial charge in [-0.2, -0.15) is 0 Å². The number of nitrogens with one attached hydrogen (secondary N) is 1. The molecule has 4 heteroatoms. The molecule has 0 saturated carbocycles. The number of rotatable bonds is 6. The third kappa shape index (κ3) is 6.84. The van der Waals surface area contributed by atoms with Gasteiger partial charge in [0.05, 0.1) is 0 Å². The van der Waals surface area contributed by atoms with Gasteiger partial charge in [-0.25, -0.2) is 0 Å². The van der Waals surface area contributed by atoms with Gasteiger partial charge in [0, 0.05) is 50.4 Å². The third-order valence-corrected chi connectivity index (χ3v) is 5.16. The molecule has 0 aliphatic carbocycles. The number of hydrogen-bond acceptors (Lipinski definition) is 3. The lowest BCUT2D eigenvalue weighted by Crippen LogP contribution is -2.48. The molecule has 0 atom stereocenters. The Hall–Kier alpha value is -2.43. The Morgan fingerprint density at radius 1 is 0.966 bits per heavy atom. The molecule has 1 amide bonds. The van der Waals surface area contributed by atoms with Crippen molar-refractivity contribution in [3.63, 3.8) is 0 Å². The first kappa shape index (κ1) is 21.3. The minimum Gasteiger partial charge on any atom is -0.336 e. The van der Waals surface area contributed by atoms with E-state index in [-0.39, 0.29) is 11.4 Å². The molecule has 1 N–H and O–H groups in total. The van der Waals surface area contributed by atoms with Gasteiger partial charge in [-0.15, -0.1) is 0 Å². The molecule has 1 saturated heterocycles. The van der Waals surface area contributed by atoms with Crippen LogP contribution in [0.4, 0.5) is 0 Å². The molecule has 0 radical (unpaired) electrons. The molecule has 0 aromatic heterocycles. The Kier molecular flexibility index (Phi) is 7.24. The molecule has 154 valence electrons. The fourth-order valence-electron chi connectivity index (χ4n) is 3.35. The quantitative estimate of drug-likeness (QED) is 0.807. The number of benzene rings is 2. The topological polar surface area (TPSA) is 35.6 Å². The summed E-state index contributed by atoms with van der Waals surface area (Å²) in [7, 11) is 0. The van der Waals surface area contributed by atoms with Gasteiger partial charge < -0.3 is 10.2 Å². The predicted octanol–water partition coefficient (Wildman–Crippen LogP) is 4.05. The Bertz CT molecular complexity index is 798. The van der Waals surface area contributed by atoms with E-state index < -0.39 is 0 Å². The molecular weight excluding hydrogens is 358 g/mol. The average molecular weight is 392 g/mol. The molecule has 0 unspecified atom stereocenters. The largest absolute Gasteiger partial charge is 0.336 e. The van der Waals surface area contributed by atoms with Crippen LogP contribution < -0.4 is 5.32 Å². The SMILES string of the molecule is CC(C)(C)NCc1ccc(C(=O)N2CCN(C/C=C/c3ccccc3)CC2)cc1. The van der Waals surface area contributed by atoms with Crippen LogP contribution in [0, 0.1) is 0 Å². The second-order valence-electron chi connectivity index (χ2n) is 8.71. The summed E-state index contributed by atoms with van der Waals surface area (Å²) in [5, 5.41) is 3.48. The minimum atomic E-state index is 0.0877. The Morgan fingerprint density at radius 3 is 2.24 bits per heavy atom. The summed E-state index contributed by atoms with van der Waals surface area (Å²) in [6, 6.07) is 18.4. The van der Waals surface area contributed by atoms with Crippen LogP contribution >= 0.6 is 0 Å². The molecule has 1 aliphatic rings. The lowest BCUT2D eigenvalue weighted by Gasteiger charge is -2.34. The van der Waals surface area contributed by atoms with Crippen molar-refractivity contribution in [2.45, 2.75) is 32.9 Å². The summed E-state index contributed by atoms with van der Waals surface area (Å²) < 4.78 is 0. The van der Waals surface area contributed by atoms with Gasteiger partial charge in [0.2, 0.25) is 0 Å². The number of amides is 1. The van der Waals surface area contributed by atoms with Crippen molar-refractivity contribution in [3.8, 4) is 0 Å². The lowest BCUT2D eigenvalue weighted by atomic mass is 10.1. The predicted molar refractivity (Wildman–Crippen MR) is 121 cm³/mol. The van der Waals surface area contributed by atoms with E-state index in [1.807, 2.05) is 23.1 Å². The van der Waals surface area contributed by atoms with E-state index in [0.29, 0.717) is 0 Å². The molecule has 2 aromatic carbocycles. The van der Waals surface area contributed by atoms with Gasteiger partial charge in [0.1, 0.15) is 0 Å². The molecule has 1 aliphatic heterocycles. The number of carbonyl (C=O) groups excluding carboxylic acids is 1. The lowest BCUT2D eigenvalue weighted by molar-refractivity contribution is 0.0650. The normalized spacial score (nSPS) is 15.8. The van der Waals surface area contributed by atoms with Crippen LogP contribution in [0.5, 0.6) is 0 Å². The first-order chi connectivity index (χ1) is 13.9. The van der Waals surface area contributed by atoms with Gasteiger partial charge in [-0.05, 0) is 44.0 Å². The van der Waals surface area contributed by atoms with Crippen molar-refractivity contribution in [1.82, 2.24) is 15.1 Å². The van der Waals surface area contributed by atoms with Crippen molar-refractivity contribution in [2.75, 3.05) is 32.7 Å². The maximum atomic E-state index is 12.8. The Labute approximate surface area is 175 Å². The summed E-state index contributed by atoms with van der Waals surface area (Å²) in [6.07, 6.45) is 4.37. The fourth-order valence-corrected chi connectivity index (χ4v) is 3.35. The highest BCUT2D eigenvalue weighted by atomic mass is 16.2. The highest BCUT2D eigenvalue weighted by Crippen LogP contribution is 2.12. The van der Waals surface area contributed by atoms with Crippen LogP contribution in [0.15, 0.2) is 60.7 Å². The third-order valence-electron chi connectivity index (χ3n) is 5.16. The maximum absolute atomic E-state index is 12.8. The maximum Gasteiger partial charge on any atom is 0.253 e. The second kappa shape index (κ2) is 9.86. The number of hydrogen-bond donors (Lipinski definition) is 1. The van der Waals surface area contributed by atoms with Crippen LogP contribution in [0.25, 0.3) is 6.08 Å². The van der Waals surface area contributed by atoms with Gasteiger partial charge in [0.25, 0.3) is 5.91 Å². The standard InChI is InChI=1S/C25H33N3O/c1-25(2,3)26-20-22-11-13-23(14-12-22)24(29)28-18-16-27(17-19-28)15-7-10-21-8-5-4-6-9-21/h4-14,26H,15-20H2,1-3H3/b10-7+. The van der Waals surface area contributed by atoms with Gasteiger partial charge in [0.15, 0.2) is 0 Å². The highest BCUT2D eigenvalue weighted by Gasteiger charge is 2.21. The van der Waals surface area contributed by atoms with Crippen molar-refractivity contribution in [1.29, 1.82) is 0 Å². The molecule has 4 nitrogen and oxygen atoms in total. The molecule has 2 aromatic rings. The molecule has 0 bridgehead atoms. The van der Waals surface area contributed by atoms with Crippen molar-refractivity contribution < 1.29 is 4.79 Å². The van der Waals surface area contributed by atoms with E-state index >= 15 is 0 Å². The molecule has 0 spiro atoms. The van der Waals surface area contributed by atoms with E-state index in [1.54, 1.807) is 0 Å². The Balaban J connectivity index is 1.45. The van der Waals surface area contributed by atoms with E-state index in [2.05, 4.69) is 79.5 Å². The number of nitrogens with zero attached hydrogens (tertiary/aromatic N) is 2. The van der Waals surface area contributed by atoms with Gasteiger partial charge in [-0.3, -0.25) is 9.69 Å². The zero-order valence-corrected chi connectivity index (χ0v) is 17.9. The van der Waals surface area contributed by atoms with E-state index in [1.165, 1.54) is 11.1 Å². The van der Waals surface area contributed by atoms with Gasteiger partial charge in [-0.1, -0.05) is 54.6 Å². The first-order valence-electron chi connectivity index (χ1n) is 10.5. The fraction of sp³-hybridized carbons (Fsp3) is 0.400. The molecule has 1 fully saturated rings. The molecule has 3 rings (SSSR count). The number of piperazine rings is 1. The monoisotopic (exact) mass is 391 g/mol. The van der Waals surface area contributed by atoms with Crippen LogP contribution in [-0.2, 0) is 6.54 Å². The molecular formula is C25H33N3O. The van der Waals surface area contributed by atoms with E-state index in [4.69, 9.17) is 0 Å². The van der Waals surface area contributed by atoms with Crippen LogP contribution in [-0.4, -0.2) is 54.0 Å². The molecule has 29 heavy (non-hydrogen) atoms. The Morgan fingerprint density at radius 2 is 1.62 bits per heavy atom. The van der Waals surface area contributed by atoms with E-state index in [9.17, 15) is 4.79 Å². The number of carbonyl (C=O) groups is 1. The van der Waals surface area contributed by atoms with Crippen molar-refractivity contribution in [3.05, 3.63) is 77.4 Å². The van der Waals surface area contributed by atoms with Crippen molar-refractivity contribution in [2.24, 2.45) is 0 Å². The summed E-state index contributed by atoms with van der Waals surface area (Å²) in [5.41, 5.74) is 3.29. The van der Waals surface area contributed by atoms with Crippen LogP contribution in [0.2, 0.25) is 0 Å². The second-order valence-corrected chi connectivity index (χ2v) is 8.71. The van der Waals surface area contributed by atoms with E-state index in [0.717, 1.165) is 44.8 Å². The average Bonchev–Trinajstić information content (AvgIpc) is 2.73. The first-order valence-corrected chi connectivity index (χ1v) is 10.5.